The SMILES string of the molecule is CCc1ccc(CCN(C)CCCCO)cc1. The molecule has 0 aliphatic heterocycles. The fourth-order valence-corrected chi connectivity index (χ4v) is 1.87. The number of aliphatic hydroxyl groups excluding tert-OH is 1. The van der Waals surface area contributed by atoms with Gasteiger partial charge in [-0.05, 0) is 50.4 Å². The minimum absolute atomic E-state index is 0.312. The Morgan fingerprint density at radius 1 is 1.00 bits per heavy atom. The molecule has 0 aliphatic rings. The van der Waals surface area contributed by atoms with Crippen LogP contribution in [-0.2, 0) is 12.8 Å². The molecule has 2 nitrogen and oxygen atoms in total. The summed E-state index contributed by atoms with van der Waals surface area (Å²) < 4.78 is 0. The number of likely N-dealkylation sites (N-methyl/N-ethyl adjacent to an activating group) is 1. The number of unbranched alkanes of at least 4 members (excludes halogenated alkanes) is 1. The lowest BCUT2D eigenvalue weighted by Crippen LogP contribution is -2.22. The zero-order chi connectivity index (χ0) is 12.5. The summed E-state index contributed by atoms with van der Waals surface area (Å²) in [5.41, 5.74) is 2.82. The van der Waals surface area contributed by atoms with E-state index in [9.17, 15) is 0 Å². The van der Waals surface area contributed by atoms with E-state index in [2.05, 4.69) is 43.1 Å². The monoisotopic (exact) mass is 235 g/mol. The van der Waals surface area contributed by atoms with E-state index in [0.717, 1.165) is 38.8 Å². The summed E-state index contributed by atoms with van der Waals surface area (Å²) in [5.74, 6) is 0. The lowest BCUT2D eigenvalue weighted by molar-refractivity contribution is 0.264. The van der Waals surface area contributed by atoms with Gasteiger partial charge in [-0.2, -0.15) is 0 Å². The van der Waals surface area contributed by atoms with Gasteiger partial charge in [-0.1, -0.05) is 31.2 Å². The fraction of sp³-hybridized carbons (Fsp3) is 0.600. The molecule has 0 fully saturated rings. The highest BCUT2D eigenvalue weighted by Crippen LogP contribution is 2.06. The Labute approximate surface area is 105 Å². The predicted molar refractivity (Wildman–Crippen MR) is 73.3 cm³/mol. The minimum atomic E-state index is 0.312. The van der Waals surface area contributed by atoms with Gasteiger partial charge in [0, 0.05) is 13.2 Å². The van der Waals surface area contributed by atoms with Crippen molar-refractivity contribution in [1.29, 1.82) is 0 Å². The first kappa shape index (κ1) is 14.2. The van der Waals surface area contributed by atoms with E-state index < -0.39 is 0 Å². The quantitative estimate of drug-likeness (QED) is 0.700. The van der Waals surface area contributed by atoms with E-state index in [0.29, 0.717) is 6.61 Å². The molecule has 1 N–H and O–H groups in total. The zero-order valence-corrected chi connectivity index (χ0v) is 11.2. The molecule has 0 heterocycles. The molecule has 0 aliphatic carbocycles. The van der Waals surface area contributed by atoms with Crippen molar-refractivity contribution in [3.05, 3.63) is 35.4 Å². The Balaban J connectivity index is 2.24. The zero-order valence-electron chi connectivity index (χ0n) is 11.2. The number of hydrogen-bond donors (Lipinski definition) is 1. The average Bonchev–Trinajstić information content (AvgIpc) is 2.37. The molecular formula is C15H25NO. The molecule has 0 saturated carbocycles. The number of nitrogens with zero attached hydrogens (tertiary/aromatic N) is 1. The van der Waals surface area contributed by atoms with Gasteiger partial charge >= 0.3 is 0 Å². The maximum atomic E-state index is 8.72. The molecule has 1 aromatic rings. The Hall–Kier alpha value is -0.860. The van der Waals surface area contributed by atoms with E-state index in [1.165, 1.54) is 11.1 Å². The van der Waals surface area contributed by atoms with Crippen LogP contribution in [0.15, 0.2) is 24.3 Å². The number of aliphatic hydroxyl groups is 1. The molecule has 0 amide bonds. The summed E-state index contributed by atoms with van der Waals surface area (Å²) in [4.78, 5) is 2.34. The Morgan fingerprint density at radius 3 is 2.24 bits per heavy atom. The summed E-state index contributed by atoms with van der Waals surface area (Å²) >= 11 is 0. The van der Waals surface area contributed by atoms with Crippen LogP contribution in [0.3, 0.4) is 0 Å². The highest BCUT2D eigenvalue weighted by atomic mass is 16.2. The minimum Gasteiger partial charge on any atom is -0.396 e. The van der Waals surface area contributed by atoms with Crippen molar-refractivity contribution in [3.63, 3.8) is 0 Å². The molecule has 17 heavy (non-hydrogen) atoms. The first-order valence-electron chi connectivity index (χ1n) is 6.63. The lowest BCUT2D eigenvalue weighted by atomic mass is 10.1. The molecule has 0 spiro atoms. The summed E-state index contributed by atoms with van der Waals surface area (Å²) in [6.45, 7) is 4.67. The molecule has 0 unspecified atom stereocenters. The van der Waals surface area contributed by atoms with Crippen molar-refractivity contribution in [2.45, 2.75) is 32.6 Å². The highest BCUT2D eigenvalue weighted by Gasteiger charge is 1.99. The largest absolute Gasteiger partial charge is 0.396 e. The second-order valence-electron chi connectivity index (χ2n) is 4.65. The van der Waals surface area contributed by atoms with Crippen LogP contribution >= 0.6 is 0 Å². The van der Waals surface area contributed by atoms with Crippen molar-refractivity contribution in [2.24, 2.45) is 0 Å². The van der Waals surface area contributed by atoms with Crippen LogP contribution in [0.25, 0.3) is 0 Å². The van der Waals surface area contributed by atoms with Crippen molar-refractivity contribution < 1.29 is 5.11 Å². The van der Waals surface area contributed by atoms with Crippen molar-refractivity contribution >= 4 is 0 Å². The van der Waals surface area contributed by atoms with Crippen LogP contribution in [0.5, 0.6) is 0 Å². The first-order valence-corrected chi connectivity index (χ1v) is 6.63. The highest BCUT2D eigenvalue weighted by molar-refractivity contribution is 5.22. The van der Waals surface area contributed by atoms with E-state index in [-0.39, 0.29) is 0 Å². The normalized spacial score (nSPS) is 11.1. The van der Waals surface area contributed by atoms with E-state index >= 15 is 0 Å². The predicted octanol–water partition coefficient (Wildman–Crippen LogP) is 2.50. The van der Waals surface area contributed by atoms with E-state index in [1.807, 2.05) is 0 Å². The second kappa shape index (κ2) is 8.26. The van der Waals surface area contributed by atoms with Crippen molar-refractivity contribution in [2.75, 3.05) is 26.7 Å². The molecule has 2 heteroatoms. The molecule has 0 atom stereocenters. The summed E-state index contributed by atoms with van der Waals surface area (Å²) in [6.07, 6.45) is 4.22. The Bertz CT molecular complexity index is 294. The first-order chi connectivity index (χ1) is 8.26. The topological polar surface area (TPSA) is 23.5 Å². The molecule has 0 aromatic heterocycles. The van der Waals surface area contributed by atoms with Crippen molar-refractivity contribution in [1.82, 2.24) is 4.90 Å². The Morgan fingerprint density at radius 2 is 1.65 bits per heavy atom. The van der Waals surface area contributed by atoms with E-state index in [4.69, 9.17) is 5.11 Å². The van der Waals surface area contributed by atoms with Gasteiger partial charge in [0.05, 0.1) is 0 Å². The average molecular weight is 235 g/mol. The second-order valence-corrected chi connectivity index (χ2v) is 4.65. The van der Waals surface area contributed by atoms with Gasteiger partial charge in [0.25, 0.3) is 0 Å². The third-order valence-corrected chi connectivity index (χ3v) is 3.16. The lowest BCUT2D eigenvalue weighted by Gasteiger charge is -2.16. The third-order valence-electron chi connectivity index (χ3n) is 3.16. The van der Waals surface area contributed by atoms with Gasteiger partial charge in [-0.15, -0.1) is 0 Å². The van der Waals surface area contributed by atoms with Gasteiger partial charge in [0.2, 0.25) is 0 Å². The van der Waals surface area contributed by atoms with Crippen LogP contribution in [0.4, 0.5) is 0 Å². The molecule has 96 valence electrons. The number of aryl methyl sites for hydroxylation is 1. The molecule has 0 radical (unpaired) electrons. The molecule has 1 aromatic carbocycles. The Kier molecular flexibility index (Phi) is 6.90. The van der Waals surface area contributed by atoms with Crippen LogP contribution < -0.4 is 0 Å². The van der Waals surface area contributed by atoms with Gasteiger partial charge in [0.1, 0.15) is 0 Å². The van der Waals surface area contributed by atoms with Crippen LogP contribution in [0, 0.1) is 0 Å². The van der Waals surface area contributed by atoms with Crippen LogP contribution in [0.2, 0.25) is 0 Å². The smallest absolute Gasteiger partial charge is 0.0431 e. The van der Waals surface area contributed by atoms with Crippen molar-refractivity contribution in [3.8, 4) is 0 Å². The molecular weight excluding hydrogens is 210 g/mol. The molecule has 1 rings (SSSR count). The van der Waals surface area contributed by atoms with Gasteiger partial charge in [0.15, 0.2) is 0 Å². The third kappa shape index (κ3) is 5.85. The summed E-state index contributed by atoms with van der Waals surface area (Å²) in [6, 6.07) is 8.92. The van der Waals surface area contributed by atoms with Gasteiger partial charge < -0.3 is 10.0 Å². The van der Waals surface area contributed by atoms with E-state index in [1.54, 1.807) is 0 Å². The fourth-order valence-electron chi connectivity index (χ4n) is 1.87. The van der Waals surface area contributed by atoms with Crippen LogP contribution in [-0.4, -0.2) is 36.8 Å². The number of hydrogen-bond acceptors (Lipinski definition) is 2. The number of rotatable bonds is 8. The molecule has 0 saturated heterocycles. The van der Waals surface area contributed by atoms with Crippen LogP contribution in [0.1, 0.15) is 30.9 Å². The van der Waals surface area contributed by atoms with Gasteiger partial charge in [-0.25, -0.2) is 0 Å². The summed E-state index contributed by atoms with van der Waals surface area (Å²) in [5, 5.41) is 8.72. The standard InChI is InChI=1S/C15H25NO/c1-3-14-6-8-15(9-7-14)10-12-16(2)11-4-5-13-17/h6-9,17H,3-5,10-13H2,1-2H3. The number of benzene rings is 1. The van der Waals surface area contributed by atoms with Gasteiger partial charge in [-0.3, -0.25) is 0 Å². The maximum absolute atomic E-state index is 8.72. The summed E-state index contributed by atoms with van der Waals surface area (Å²) in [7, 11) is 2.15. The molecule has 0 bridgehead atoms. The maximum Gasteiger partial charge on any atom is 0.0431 e.